The minimum Gasteiger partial charge on any atom is -0.396 e. The van der Waals surface area contributed by atoms with Gasteiger partial charge in [0.05, 0.1) is 17.6 Å². The molecule has 184 valence electrons. The molecule has 0 aromatic carbocycles. The fourth-order valence-corrected chi connectivity index (χ4v) is 7.23. The first-order chi connectivity index (χ1) is 15.9. The molecule has 4 atom stereocenters. The van der Waals surface area contributed by atoms with Crippen molar-refractivity contribution in [2.45, 2.75) is 109 Å². The Balaban J connectivity index is 1.57. The summed E-state index contributed by atoms with van der Waals surface area (Å²) in [6.07, 6.45) is 12.0. The van der Waals surface area contributed by atoms with E-state index in [0.29, 0.717) is 23.8 Å². The Labute approximate surface area is 198 Å². The van der Waals surface area contributed by atoms with Crippen molar-refractivity contribution in [2.24, 2.45) is 23.2 Å². The van der Waals surface area contributed by atoms with E-state index in [2.05, 4.69) is 29.4 Å². The molecule has 3 aliphatic carbocycles. The number of hydrogen-bond donors (Lipinski definition) is 3. The van der Waals surface area contributed by atoms with Gasteiger partial charge in [0.15, 0.2) is 0 Å². The number of rotatable bonds is 5. The Hall–Kier alpha value is -1.40. The number of nitrogens with one attached hydrogen (secondary N) is 2. The van der Waals surface area contributed by atoms with Crippen LogP contribution in [0.5, 0.6) is 0 Å². The topological polar surface area (TPSA) is 81.7 Å². The van der Waals surface area contributed by atoms with Crippen LogP contribution < -0.4 is 10.6 Å². The molecule has 2 unspecified atom stereocenters. The molecule has 3 fully saturated rings. The Morgan fingerprint density at radius 2 is 1.82 bits per heavy atom. The maximum Gasteiger partial charge on any atom is 0.251 e. The van der Waals surface area contributed by atoms with Crippen LogP contribution in [0.25, 0.3) is 0 Å². The number of nitrogens with zero attached hydrogens (tertiary/aromatic N) is 1. The van der Waals surface area contributed by atoms with Crippen LogP contribution in [-0.4, -0.2) is 53.2 Å². The van der Waals surface area contributed by atoms with Crippen LogP contribution in [0.3, 0.4) is 0 Å². The highest BCUT2D eigenvalue weighted by Gasteiger charge is 2.58. The molecule has 0 aromatic heterocycles. The molecule has 3 N–H and O–H groups in total. The molecule has 2 aliphatic heterocycles. The largest absolute Gasteiger partial charge is 0.396 e. The van der Waals surface area contributed by atoms with Crippen molar-refractivity contribution in [1.29, 1.82) is 0 Å². The Kier molecular flexibility index (Phi) is 6.60. The summed E-state index contributed by atoms with van der Waals surface area (Å²) in [5, 5.41) is 16.8. The highest BCUT2D eigenvalue weighted by Crippen LogP contribution is 2.52. The molecule has 33 heavy (non-hydrogen) atoms. The van der Waals surface area contributed by atoms with Crippen molar-refractivity contribution < 1.29 is 14.7 Å². The van der Waals surface area contributed by atoms with E-state index >= 15 is 0 Å². The second-order valence-corrected chi connectivity index (χ2v) is 11.8. The molecule has 5 rings (SSSR count). The Bertz CT molecular complexity index is 790. The van der Waals surface area contributed by atoms with Gasteiger partial charge >= 0.3 is 0 Å². The van der Waals surface area contributed by atoms with E-state index in [1.165, 1.54) is 0 Å². The quantitative estimate of drug-likeness (QED) is 0.590. The third-order valence-corrected chi connectivity index (χ3v) is 9.43. The average molecular weight is 458 g/mol. The summed E-state index contributed by atoms with van der Waals surface area (Å²) in [4.78, 5) is 30.3. The average Bonchev–Trinajstić information content (AvgIpc) is 3.66. The van der Waals surface area contributed by atoms with Crippen molar-refractivity contribution in [3.8, 4) is 0 Å². The molecule has 2 amide bonds. The SMILES string of the molecule is CC1CCC(N2C(=O)C3=C(CCCC3)[C@](C)(C(=O)NC3CC3)[C@@H]2C2CCC(CO)CC2)NC1. The summed E-state index contributed by atoms with van der Waals surface area (Å²) >= 11 is 0. The molecule has 0 radical (unpaired) electrons. The number of carbonyl (C=O) groups excluding carboxylic acids is 2. The van der Waals surface area contributed by atoms with Crippen molar-refractivity contribution >= 4 is 11.8 Å². The fourth-order valence-electron chi connectivity index (χ4n) is 7.23. The van der Waals surface area contributed by atoms with E-state index in [4.69, 9.17) is 0 Å². The van der Waals surface area contributed by atoms with Gasteiger partial charge in [-0.05, 0) is 114 Å². The van der Waals surface area contributed by atoms with E-state index in [1.54, 1.807) is 0 Å². The zero-order chi connectivity index (χ0) is 23.2. The summed E-state index contributed by atoms with van der Waals surface area (Å²) in [5.74, 6) is 1.62. The van der Waals surface area contributed by atoms with Crippen LogP contribution in [0.4, 0.5) is 0 Å². The molecular formula is C27H43N3O3. The zero-order valence-corrected chi connectivity index (χ0v) is 20.6. The third kappa shape index (κ3) is 4.27. The van der Waals surface area contributed by atoms with E-state index < -0.39 is 5.41 Å². The highest BCUT2D eigenvalue weighted by molar-refractivity contribution is 6.00. The monoisotopic (exact) mass is 457 g/mol. The summed E-state index contributed by atoms with van der Waals surface area (Å²) in [6, 6.07) is 0.207. The van der Waals surface area contributed by atoms with Crippen molar-refractivity contribution in [2.75, 3.05) is 13.2 Å². The van der Waals surface area contributed by atoms with E-state index in [1.807, 2.05) is 0 Å². The van der Waals surface area contributed by atoms with E-state index in [9.17, 15) is 14.7 Å². The van der Waals surface area contributed by atoms with Gasteiger partial charge in [-0.3, -0.25) is 14.9 Å². The van der Waals surface area contributed by atoms with Gasteiger partial charge in [0, 0.05) is 18.2 Å². The third-order valence-electron chi connectivity index (χ3n) is 9.43. The van der Waals surface area contributed by atoms with E-state index in [-0.39, 0.29) is 30.6 Å². The second kappa shape index (κ2) is 9.33. The molecule has 2 heterocycles. The van der Waals surface area contributed by atoms with Crippen LogP contribution >= 0.6 is 0 Å². The number of carbonyl (C=O) groups is 2. The molecule has 1 saturated heterocycles. The van der Waals surface area contributed by atoms with Gasteiger partial charge in [-0.15, -0.1) is 0 Å². The maximum absolute atomic E-state index is 14.1. The van der Waals surface area contributed by atoms with Crippen LogP contribution in [0.1, 0.15) is 90.9 Å². The molecule has 0 bridgehead atoms. The standard InChI is InChI=1S/C27H43N3O3/c1-17-7-14-23(28-15-17)30-24(19-10-8-18(16-31)9-11-19)27(2,26(33)29-20-12-13-20)22-6-4-3-5-21(22)25(30)32/h17-20,23-24,28,31H,3-16H2,1-2H3,(H,29,33)/t17?,18?,19?,23?,24-,27-/m0/s1. The maximum atomic E-state index is 14.1. The first-order valence-corrected chi connectivity index (χ1v) is 13.6. The van der Waals surface area contributed by atoms with Gasteiger partial charge < -0.3 is 15.3 Å². The normalized spacial score (nSPS) is 39.9. The summed E-state index contributed by atoms with van der Waals surface area (Å²) in [6.45, 7) is 5.61. The predicted octanol–water partition coefficient (Wildman–Crippen LogP) is 3.50. The second-order valence-electron chi connectivity index (χ2n) is 11.8. The lowest BCUT2D eigenvalue weighted by molar-refractivity contribution is -0.150. The number of hydrogen-bond acceptors (Lipinski definition) is 4. The summed E-state index contributed by atoms with van der Waals surface area (Å²) in [7, 11) is 0. The summed E-state index contributed by atoms with van der Waals surface area (Å²) in [5.41, 5.74) is 1.43. The molecule has 0 aromatic rings. The number of amides is 2. The molecule has 6 heteroatoms. The first-order valence-electron chi connectivity index (χ1n) is 13.6. The minimum atomic E-state index is -0.659. The van der Waals surface area contributed by atoms with Crippen LogP contribution in [0, 0.1) is 23.2 Å². The van der Waals surface area contributed by atoms with Crippen LogP contribution in [0.15, 0.2) is 11.1 Å². The van der Waals surface area contributed by atoms with E-state index in [0.717, 1.165) is 94.7 Å². The van der Waals surface area contributed by atoms with Gasteiger partial charge in [-0.1, -0.05) is 6.92 Å². The smallest absolute Gasteiger partial charge is 0.251 e. The zero-order valence-electron chi connectivity index (χ0n) is 20.6. The minimum absolute atomic E-state index is 0.0123. The molecular weight excluding hydrogens is 414 g/mol. The van der Waals surface area contributed by atoms with Gasteiger partial charge in [-0.2, -0.15) is 0 Å². The van der Waals surface area contributed by atoms with Gasteiger partial charge in [0.1, 0.15) is 0 Å². The summed E-state index contributed by atoms with van der Waals surface area (Å²) < 4.78 is 0. The first kappa shape index (κ1) is 23.3. The Morgan fingerprint density at radius 3 is 2.45 bits per heavy atom. The van der Waals surface area contributed by atoms with Gasteiger partial charge in [0.2, 0.25) is 5.91 Å². The van der Waals surface area contributed by atoms with Gasteiger partial charge in [-0.25, -0.2) is 0 Å². The van der Waals surface area contributed by atoms with Crippen LogP contribution in [-0.2, 0) is 9.59 Å². The highest BCUT2D eigenvalue weighted by atomic mass is 16.3. The van der Waals surface area contributed by atoms with Crippen molar-refractivity contribution in [3.05, 3.63) is 11.1 Å². The molecule has 5 aliphatic rings. The number of piperidine rings is 1. The lowest BCUT2D eigenvalue weighted by Crippen LogP contribution is -2.68. The van der Waals surface area contributed by atoms with Crippen LogP contribution in [0.2, 0.25) is 0 Å². The van der Waals surface area contributed by atoms with Crippen molar-refractivity contribution in [3.63, 3.8) is 0 Å². The Morgan fingerprint density at radius 1 is 1.09 bits per heavy atom. The number of aliphatic hydroxyl groups excluding tert-OH is 1. The molecule has 2 saturated carbocycles. The molecule has 0 spiro atoms. The lowest BCUT2D eigenvalue weighted by atomic mass is 9.60. The molecule has 6 nitrogen and oxygen atoms in total. The lowest BCUT2D eigenvalue weighted by Gasteiger charge is -2.56. The number of aliphatic hydroxyl groups is 1. The van der Waals surface area contributed by atoms with Crippen molar-refractivity contribution in [1.82, 2.24) is 15.5 Å². The fraction of sp³-hybridized carbons (Fsp3) is 0.852. The van der Waals surface area contributed by atoms with Gasteiger partial charge in [0.25, 0.3) is 5.91 Å². The predicted molar refractivity (Wildman–Crippen MR) is 128 cm³/mol.